The molecule has 0 fully saturated rings. The predicted octanol–water partition coefficient (Wildman–Crippen LogP) is 4.34. The number of esters is 1. The van der Waals surface area contributed by atoms with E-state index < -0.39 is 18.5 Å². The van der Waals surface area contributed by atoms with E-state index in [0.717, 1.165) is 29.7 Å². The summed E-state index contributed by atoms with van der Waals surface area (Å²) in [5.41, 5.74) is 1.83. The fourth-order valence-corrected chi connectivity index (χ4v) is 4.89. The minimum atomic E-state index is -0.640. The zero-order valence-electron chi connectivity index (χ0n) is 17.9. The number of hydrogen-bond donors (Lipinski definition) is 1. The van der Waals surface area contributed by atoms with Gasteiger partial charge in [0.25, 0.3) is 5.91 Å². The second-order valence-electron chi connectivity index (χ2n) is 7.32. The molecule has 3 rings (SSSR count). The first kappa shape index (κ1) is 22.6. The van der Waals surface area contributed by atoms with Crippen LogP contribution in [0.2, 0.25) is 0 Å². The van der Waals surface area contributed by atoms with Gasteiger partial charge in [-0.2, -0.15) is 5.26 Å². The Hall–Kier alpha value is -3.05. The van der Waals surface area contributed by atoms with Crippen molar-refractivity contribution in [1.29, 1.82) is 5.26 Å². The summed E-state index contributed by atoms with van der Waals surface area (Å²) in [7, 11) is 0. The Morgan fingerprint density at radius 1 is 1.23 bits per heavy atom. The number of hydrogen-bond acceptors (Lipinski definition) is 7. The molecular weight excluding hydrogens is 416 g/mol. The number of nitriles is 1. The third-order valence-corrected chi connectivity index (χ3v) is 6.16. The Bertz CT molecular complexity index is 1010. The Labute approximate surface area is 185 Å². The number of nitrogens with one attached hydrogen (secondary N) is 1. The fraction of sp³-hybridized carbons (Fsp3) is 0.435. The predicted molar refractivity (Wildman–Crippen MR) is 118 cm³/mol. The maximum atomic E-state index is 12.4. The summed E-state index contributed by atoms with van der Waals surface area (Å²) in [4.78, 5) is 25.9. The molecule has 1 aliphatic rings. The third-order valence-electron chi connectivity index (χ3n) is 4.99. The van der Waals surface area contributed by atoms with Crippen molar-refractivity contribution in [3.05, 3.63) is 39.8 Å². The monoisotopic (exact) mass is 442 g/mol. The average molecular weight is 443 g/mol. The number of amides is 1. The van der Waals surface area contributed by atoms with E-state index >= 15 is 0 Å². The van der Waals surface area contributed by atoms with Crippen LogP contribution < -0.4 is 14.8 Å². The molecule has 2 aromatic rings. The lowest BCUT2D eigenvalue weighted by atomic mass is 9.89. The van der Waals surface area contributed by atoms with Gasteiger partial charge in [-0.15, -0.1) is 11.3 Å². The fourth-order valence-electron chi connectivity index (χ4n) is 3.51. The van der Waals surface area contributed by atoms with Crippen LogP contribution in [0.3, 0.4) is 0 Å². The largest absolute Gasteiger partial charge is 0.490 e. The molecule has 1 atom stereocenters. The van der Waals surface area contributed by atoms with Crippen molar-refractivity contribution < 1.29 is 23.8 Å². The summed E-state index contributed by atoms with van der Waals surface area (Å²) in [5, 5.41) is 12.8. The van der Waals surface area contributed by atoms with Gasteiger partial charge in [0.2, 0.25) is 0 Å². The average Bonchev–Trinajstić information content (AvgIpc) is 3.09. The highest BCUT2D eigenvalue weighted by Crippen LogP contribution is 2.39. The van der Waals surface area contributed by atoms with Crippen molar-refractivity contribution in [2.24, 2.45) is 5.92 Å². The van der Waals surface area contributed by atoms with Crippen LogP contribution in [0.25, 0.3) is 0 Å². The second-order valence-corrected chi connectivity index (χ2v) is 8.42. The van der Waals surface area contributed by atoms with Crippen LogP contribution in [0, 0.1) is 17.2 Å². The Kier molecular flexibility index (Phi) is 7.53. The van der Waals surface area contributed by atoms with E-state index in [2.05, 4.69) is 18.3 Å². The summed E-state index contributed by atoms with van der Waals surface area (Å²) >= 11 is 1.44. The maximum Gasteiger partial charge on any atom is 0.338 e. The highest BCUT2D eigenvalue weighted by Gasteiger charge is 2.25. The van der Waals surface area contributed by atoms with Crippen molar-refractivity contribution in [1.82, 2.24) is 0 Å². The first-order chi connectivity index (χ1) is 15.0. The van der Waals surface area contributed by atoms with Crippen LogP contribution in [-0.2, 0) is 22.4 Å². The lowest BCUT2D eigenvalue weighted by Gasteiger charge is -2.17. The van der Waals surface area contributed by atoms with E-state index in [0.29, 0.717) is 41.2 Å². The molecule has 1 aromatic carbocycles. The van der Waals surface area contributed by atoms with Gasteiger partial charge in [0.05, 0.1) is 24.3 Å². The molecular formula is C23H26N2O5S. The van der Waals surface area contributed by atoms with Crippen LogP contribution in [0.15, 0.2) is 18.2 Å². The molecule has 164 valence electrons. The molecule has 0 saturated heterocycles. The van der Waals surface area contributed by atoms with E-state index in [1.54, 1.807) is 12.1 Å². The van der Waals surface area contributed by atoms with Gasteiger partial charge < -0.3 is 19.5 Å². The molecule has 1 amide bonds. The molecule has 0 radical (unpaired) electrons. The van der Waals surface area contributed by atoms with Crippen molar-refractivity contribution in [2.75, 3.05) is 25.1 Å². The smallest absolute Gasteiger partial charge is 0.338 e. The normalized spacial score (nSPS) is 14.8. The van der Waals surface area contributed by atoms with Crippen molar-refractivity contribution in [2.45, 2.75) is 40.0 Å². The van der Waals surface area contributed by atoms with Gasteiger partial charge in [0.15, 0.2) is 18.1 Å². The molecule has 1 aromatic heterocycles. The zero-order valence-corrected chi connectivity index (χ0v) is 18.8. The van der Waals surface area contributed by atoms with Gasteiger partial charge in [-0.3, -0.25) is 4.79 Å². The summed E-state index contributed by atoms with van der Waals surface area (Å²) < 4.78 is 16.2. The topological polar surface area (TPSA) is 97.6 Å². The minimum Gasteiger partial charge on any atom is -0.490 e. The molecule has 31 heavy (non-hydrogen) atoms. The molecule has 0 spiro atoms. The lowest BCUT2D eigenvalue weighted by Crippen LogP contribution is -2.21. The minimum absolute atomic E-state index is 0.262. The molecule has 1 N–H and O–H groups in total. The van der Waals surface area contributed by atoms with Crippen molar-refractivity contribution in [3.63, 3.8) is 0 Å². The molecule has 0 bridgehead atoms. The number of nitrogens with zero attached hydrogens (tertiary/aromatic N) is 1. The number of ether oxygens (including phenoxy) is 3. The van der Waals surface area contributed by atoms with E-state index in [1.807, 2.05) is 13.8 Å². The number of fused-ring (bicyclic) bond motifs is 1. The molecule has 0 unspecified atom stereocenters. The molecule has 8 heteroatoms. The Morgan fingerprint density at radius 2 is 1.97 bits per heavy atom. The van der Waals surface area contributed by atoms with E-state index in [-0.39, 0.29) is 5.56 Å². The second kappa shape index (κ2) is 10.3. The van der Waals surface area contributed by atoms with E-state index in [1.165, 1.54) is 17.4 Å². The van der Waals surface area contributed by atoms with Gasteiger partial charge in [-0.1, -0.05) is 6.92 Å². The third kappa shape index (κ3) is 5.36. The first-order valence-corrected chi connectivity index (χ1v) is 11.2. The van der Waals surface area contributed by atoms with Gasteiger partial charge >= 0.3 is 5.97 Å². The highest BCUT2D eigenvalue weighted by atomic mass is 32.1. The zero-order chi connectivity index (χ0) is 22.4. The molecule has 1 aliphatic carbocycles. The van der Waals surface area contributed by atoms with Crippen LogP contribution in [0.1, 0.15) is 53.6 Å². The van der Waals surface area contributed by atoms with Gasteiger partial charge in [-0.25, -0.2) is 4.79 Å². The molecule has 0 aliphatic heterocycles. The SMILES string of the molecule is CCOc1ccc(C(=O)OCC(=O)Nc2sc3c(c2C#N)CC[C@@H](C)C3)cc1OCC. The van der Waals surface area contributed by atoms with Crippen LogP contribution in [0.4, 0.5) is 5.00 Å². The quantitative estimate of drug-likeness (QED) is 0.611. The number of thiophene rings is 1. The van der Waals surface area contributed by atoms with Crippen LogP contribution >= 0.6 is 11.3 Å². The Morgan fingerprint density at radius 3 is 2.68 bits per heavy atom. The maximum absolute atomic E-state index is 12.4. The van der Waals surface area contributed by atoms with Crippen molar-refractivity contribution >= 4 is 28.2 Å². The van der Waals surface area contributed by atoms with E-state index in [9.17, 15) is 14.9 Å². The number of carbonyl (C=O) groups is 2. The van der Waals surface area contributed by atoms with Gasteiger partial charge in [0.1, 0.15) is 11.1 Å². The molecule has 7 nitrogen and oxygen atoms in total. The van der Waals surface area contributed by atoms with Gasteiger partial charge in [0, 0.05) is 4.88 Å². The molecule has 0 saturated carbocycles. The van der Waals surface area contributed by atoms with Crippen molar-refractivity contribution in [3.8, 4) is 17.6 Å². The highest BCUT2D eigenvalue weighted by molar-refractivity contribution is 7.16. The van der Waals surface area contributed by atoms with E-state index in [4.69, 9.17) is 14.2 Å². The van der Waals surface area contributed by atoms with Gasteiger partial charge in [-0.05, 0) is 62.8 Å². The lowest BCUT2D eigenvalue weighted by molar-refractivity contribution is -0.119. The Balaban J connectivity index is 1.63. The summed E-state index contributed by atoms with van der Waals surface area (Å²) in [6, 6.07) is 6.96. The summed E-state index contributed by atoms with van der Waals surface area (Å²) in [5.74, 6) is 0.434. The van der Waals surface area contributed by atoms with Crippen LogP contribution in [0.5, 0.6) is 11.5 Å². The summed E-state index contributed by atoms with van der Waals surface area (Å²) in [6.45, 7) is 6.33. The number of benzene rings is 1. The molecule has 1 heterocycles. The first-order valence-electron chi connectivity index (χ1n) is 10.4. The van der Waals surface area contributed by atoms with Crippen LogP contribution in [-0.4, -0.2) is 31.7 Å². The summed E-state index contributed by atoms with van der Waals surface area (Å²) in [6.07, 6.45) is 2.80. The number of anilines is 1. The standard InChI is InChI=1S/C23H26N2O5S/c1-4-28-18-9-7-15(11-19(18)29-5-2)23(27)30-13-21(26)25-22-17(12-24)16-8-6-14(3)10-20(16)31-22/h7,9,11,14H,4-6,8,10,13H2,1-3H3,(H,25,26)/t14-/m1/s1. The number of carbonyl (C=O) groups excluding carboxylic acids is 2. The number of rotatable bonds is 8.